The fraction of sp³-hybridized carbons (Fsp3) is 0.0909. The number of fused-ring (bicyclic) bond motifs is 5. The Balaban J connectivity index is 2.02. The Labute approximate surface area is 150 Å². The van der Waals surface area contributed by atoms with Crippen molar-refractivity contribution in [3.05, 3.63) is 71.8 Å². The Morgan fingerprint density at radius 2 is 1.58 bits per heavy atom. The second-order valence-corrected chi connectivity index (χ2v) is 6.81. The number of nitrogen functional groups attached to an aromatic ring is 1. The monoisotopic (exact) mass is 338 g/mol. The maximum atomic E-state index is 6.36. The van der Waals surface area contributed by atoms with Gasteiger partial charge in [0.1, 0.15) is 11.5 Å². The molecule has 2 heterocycles. The van der Waals surface area contributed by atoms with E-state index < -0.39 is 0 Å². The molecule has 0 aliphatic heterocycles. The fourth-order valence-electron chi connectivity index (χ4n) is 3.57. The molecule has 0 spiro atoms. The second kappa shape index (κ2) is 5.30. The van der Waals surface area contributed by atoms with Gasteiger partial charge in [-0.25, -0.2) is 9.97 Å². The number of benzene rings is 3. The summed E-state index contributed by atoms with van der Waals surface area (Å²) in [5.74, 6) is 0.823. The zero-order valence-corrected chi connectivity index (χ0v) is 14.7. The van der Waals surface area contributed by atoms with Gasteiger partial charge in [-0.3, -0.25) is 4.40 Å². The second-order valence-electron chi connectivity index (χ2n) is 6.81. The van der Waals surface area contributed by atoms with Crippen molar-refractivity contribution in [3.8, 4) is 11.4 Å². The lowest BCUT2D eigenvalue weighted by atomic mass is 10.1. The van der Waals surface area contributed by atoms with Crippen LogP contribution in [-0.2, 0) is 0 Å². The number of nitrogens with two attached hydrogens (primary N) is 1. The topological polar surface area (TPSA) is 56.2 Å². The van der Waals surface area contributed by atoms with Crippen LogP contribution in [0.4, 0.5) is 5.69 Å². The number of hydrogen-bond donors (Lipinski definition) is 1. The van der Waals surface area contributed by atoms with Crippen LogP contribution in [0.3, 0.4) is 0 Å². The highest BCUT2D eigenvalue weighted by Gasteiger charge is 2.16. The summed E-state index contributed by atoms with van der Waals surface area (Å²) < 4.78 is 2.12. The third-order valence-corrected chi connectivity index (χ3v) is 4.84. The van der Waals surface area contributed by atoms with Crippen molar-refractivity contribution in [1.29, 1.82) is 0 Å². The Morgan fingerprint density at radius 3 is 2.42 bits per heavy atom. The van der Waals surface area contributed by atoms with E-state index in [2.05, 4.69) is 41.7 Å². The highest BCUT2D eigenvalue weighted by molar-refractivity contribution is 5.99. The summed E-state index contributed by atoms with van der Waals surface area (Å²) in [6.07, 6.45) is 0. The molecule has 0 unspecified atom stereocenters. The Bertz CT molecular complexity index is 1310. The lowest BCUT2D eigenvalue weighted by Gasteiger charge is -2.12. The zero-order valence-electron chi connectivity index (χ0n) is 14.7. The molecule has 0 aliphatic rings. The SMILES string of the molecule is Cc1ccc(-c2nc3cc(C)ccc3c3nc4ccccc4n23)c(N)c1. The van der Waals surface area contributed by atoms with Gasteiger partial charge in [-0.2, -0.15) is 0 Å². The Morgan fingerprint density at radius 1 is 0.808 bits per heavy atom. The largest absolute Gasteiger partial charge is 0.398 e. The van der Waals surface area contributed by atoms with Gasteiger partial charge >= 0.3 is 0 Å². The number of para-hydroxylation sites is 2. The van der Waals surface area contributed by atoms with Gasteiger partial charge in [-0.05, 0) is 61.4 Å². The molecule has 5 aromatic rings. The van der Waals surface area contributed by atoms with Crippen LogP contribution < -0.4 is 5.73 Å². The molecule has 0 fully saturated rings. The molecule has 0 saturated heterocycles. The predicted molar refractivity (Wildman–Crippen MR) is 107 cm³/mol. The van der Waals surface area contributed by atoms with Crippen LogP contribution in [0, 0.1) is 13.8 Å². The first-order valence-electron chi connectivity index (χ1n) is 8.66. The van der Waals surface area contributed by atoms with Crippen LogP contribution in [-0.4, -0.2) is 14.4 Å². The standard InChI is InChI=1S/C22H18N4/c1-13-7-9-15(17(23)11-13)21-25-19-12-14(2)8-10-16(19)22-24-18-5-3-4-6-20(18)26(21)22/h3-12H,23H2,1-2H3. The van der Waals surface area contributed by atoms with E-state index in [0.717, 1.165) is 50.2 Å². The third kappa shape index (κ3) is 2.09. The molecule has 0 aliphatic carbocycles. The lowest BCUT2D eigenvalue weighted by Crippen LogP contribution is -2.01. The molecule has 0 radical (unpaired) electrons. The molecular formula is C22H18N4. The highest BCUT2D eigenvalue weighted by Crippen LogP contribution is 2.32. The molecule has 0 saturated carbocycles. The maximum absolute atomic E-state index is 6.36. The molecule has 4 heteroatoms. The van der Waals surface area contributed by atoms with Crippen molar-refractivity contribution in [1.82, 2.24) is 14.4 Å². The van der Waals surface area contributed by atoms with Crippen LogP contribution in [0.2, 0.25) is 0 Å². The number of anilines is 1. The first-order valence-corrected chi connectivity index (χ1v) is 8.66. The molecule has 2 N–H and O–H groups in total. The van der Waals surface area contributed by atoms with Crippen molar-refractivity contribution in [2.75, 3.05) is 5.73 Å². The molecule has 3 aromatic carbocycles. The van der Waals surface area contributed by atoms with Crippen LogP contribution in [0.25, 0.3) is 39.0 Å². The fourth-order valence-corrected chi connectivity index (χ4v) is 3.57. The summed E-state index contributed by atoms with van der Waals surface area (Å²) in [6, 6.07) is 20.5. The third-order valence-electron chi connectivity index (χ3n) is 4.84. The van der Waals surface area contributed by atoms with Gasteiger partial charge in [0.15, 0.2) is 0 Å². The van der Waals surface area contributed by atoms with Crippen molar-refractivity contribution in [3.63, 3.8) is 0 Å². The first kappa shape index (κ1) is 14.9. The molecule has 0 atom stereocenters. The smallest absolute Gasteiger partial charge is 0.149 e. The summed E-state index contributed by atoms with van der Waals surface area (Å²) in [6.45, 7) is 4.12. The molecular weight excluding hydrogens is 320 g/mol. The van der Waals surface area contributed by atoms with Gasteiger partial charge in [0.05, 0.1) is 16.6 Å². The van der Waals surface area contributed by atoms with Crippen LogP contribution in [0.5, 0.6) is 0 Å². The highest BCUT2D eigenvalue weighted by atomic mass is 15.1. The first-order chi connectivity index (χ1) is 12.6. The Hall–Kier alpha value is -3.40. The molecule has 26 heavy (non-hydrogen) atoms. The molecule has 2 aromatic heterocycles. The average molecular weight is 338 g/mol. The Kier molecular flexibility index (Phi) is 3.04. The molecule has 4 nitrogen and oxygen atoms in total. The van der Waals surface area contributed by atoms with Gasteiger partial charge in [0.25, 0.3) is 0 Å². The number of hydrogen-bond acceptors (Lipinski definition) is 3. The van der Waals surface area contributed by atoms with E-state index in [0.29, 0.717) is 0 Å². The minimum atomic E-state index is 0.726. The maximum Gasteiger partial charge on any atom is 0.149 e. The van der Waals surface area contributed by atoms with E-state index >= 15 is 0 Å². The number of imidazole rings is 1. The molecule has 5 rings (SSSR count). The minimum absolute atomic E-state index is 0.726. The predicted octanol–water partition coefficient (Wildman–Crippen LogP) is 4.90. The van der Waals surface area contributed by atoms with E-state index in [1.165, 1.54) is 5.56 Å². The quantitative estimate of drug-likeness (QED) is 0.442. The molecule has 0 bridgehead atoms. The summed E-state index contributed by atoms with van der Waals surface area (Å²) in [4.78, 5) is 9.88. The number of aryl methyl sites for hydroxylation is 2. The van der Waals surface area contributed by atoms with Crippen molar-refractivity contribution >= 4 is 33.3 Å². The van der Waals surface area contributed by atoms with Gasteiger partial charge in [0.2, 0.25) is 0 Å². The van der Waals surface area contributed by atoms with E-state index in [1.807, 2.05) is 37.3 Å². The number of aromatic nitrogens is 3. The normalized spacial score (nSPS) is 11.6. The zero-order chi connectivity index (χ0) is 17.8. The summed E-state index contributed by atoms with van der Waals surface area (Å²) in [7, 11) is 0. The average Bonchev–Trinajstić information content (AvgIpc) is 3.00. The summed E-state index contributed by atoms with van der Waals surface area (Å²) in [5, 5.41) is 1.04. The van der Waals surface area contributed by atoms with E-state index in [1.54, 1.807) is 0 Å². The van der Waals surface area contributed by atoms with Crippen molar-refractivity contribution < 1.29 is 0 Å². The summed E-state index contributed by atoms with van der Waals surface area (Å²) in [5.41, 5.74) is 14.1. The number of nitrogens with zero attached hydrogens (tertiary/aromatic N) is 3. The van der Waals surface area contributed by atoms with E-state index in [-0.39, 0.29) is 0 Å². The van der Waals surface area contributed by atoms with E-state index in [9.17, 15) is 0 Å². The van der Waals surface area contributed by atoms with Crippen LogP contribution in [0.15, 0.2) is 60.7 Å². The molecule has 0 amide bonds. The van der Waals surface area contributed by atoms with Gasteiger partial charge in [-0.15, -0.1) is 0 Å². The number of rotatable bonds is 1. The van der Waals surface area contributed by atoms with Crippen molar-refractivity contribution in [2.24, 2.45) is 0 Å². The minimum Gasteiger partial charge on any atom is -0.398 e. The molecule has 126 valence electrons. The van der Waals surface area contributed by atoms with Gasteiger partial charge < -0.3 is 5.73 Å². The summed E-state index contributed by atoms with van der Waals surface area (Å²) >= 11 is 0. The van der Waals surface area contributed by atoms with Crippen LogP contribution in [0.1, 0.15) is 11.1 Å². The van der Waals surface area contributed by atoms with Gasteiger partial charge in [0, 0.05) is 16.6 Å². The van der Waals surface area contributed by atoms with Crippen molar-refractivity contribution in [2.45, 2.75) is 13.8 Å². The van der Waals surface area contributed by atoms with E-state index in [4.69, 9.17) is 15.7 Å². The van der Waals surface area contributed by atoms with Crippen LogP contribution >= 0.6 is 0 Å². The lowest BCUT2D eigenvalue weighted by molar-refractivity contribution is 1.16. The van der Waals surface area contributed by atoms with Gasteiger partial charge in [-0.1, -0.05) is 24.3 Å².